The quantitative estimate of drug-likeness (QED) is 0.866. The van der Waals surface area contributed by atoms with Crippen molar-refractivity contribution in [2.75, 3.05) is 26.7 Å². The van der Waals surface area contributed by atoms with E-state index in [1.807, 2.05) is 19.9 Å². The molecule has 124 valence electrons. The van der Waals surface area contributed by atoms with Crippen LogP contribution in [0.25, 0.3) is 5.78 Å². The van der Waals surface area contributed by atoms with E-state index in [4.69, 9.17) is 4.74 Å². The summed E-state index contributed by atoms with van der Waals surface area (Å²) in [5, 5.41) is 11.0. The maximum absolute atomic E-state index is 12.6. The Morgan fingerprint density at radius 1 is 1.39 bits per heavy atom. The van der Waals surface area contributed by atoms with Crippen molar-refractivity contribution in [1.82, 2.24) is 29.8 Å². The molecule has 1 aliphatic heterocycles. The maximum Gasteiger partial charge on any atom is 0.290 e. The fourth-order valence-corrected chi connectivity index (χ4v) is 3.10. The molecule has 1 N–H and O–H groups in total. The molecule has 3 heterocycles. The molecule has 8 nitrogen and oxygen atoms in total. The van der Waals surface area contributed by atoms with Crippen molar-refractivity contribution >= 4 is 11.7 Å². The molecule has 0 saturated carbocycles. The Morgan fingerprint density at radius 2 is 2.17 bits per heavy atom. The first-order valence-corrected chi connectivity index (χ1v) is 7.78. The molecule has 0 aliphatic carbocycles. The van der Waals surface area contributed by atoms with Gasteiger partial charge in [-0.2, -0.15) is 0 Å². The minimum atomic E-state index is -0.253. The highest BCUT2D eigenvalue weighted by atomic mass is 16.5. The fourth-order valence-electron chi connectivity index (χ4n) is 3.10. The van der Waals surface area contributed by atoms with Gasteiger partial charge < -0.3 is 10.1 Å². The van der Waals surface area contributed by atoms with Gasteiger partial charge in [0.1, 0.15) is 0 Å². The van der Waals surface area contributed by atoms with Crippen LogP contribution in [0.5, 0.6) is 0 Å². The smallest absolute Gasteiger partial charge is 0.290 e. The molecule has 8 heteroatoms. The van der Waals surface area contributed by atoms with Crippen LogP contribution in [0, 0.1) is 13.8 Å². The average Bonchev–Trinajstić information content (AvgIpc) is 3.10. The van der Waals surface area contributed by atoms with E-state index in [9.17, 15) is 4.79 Å². The van der Waals surface area contributed by atoms with Crippen LogP contribution in [0.4, 0.5) is 0 Å². The number of carbonyl (C=O) groups excluding carboxylic acids is 1. The van der Waals surface area contributed by atoms with Crippen LogP contribution in [0.15, 0.2) is 6.07 Å². The minimum absolute atomic E-state index is 0.0143. The van der Waals surface area contributed by atoms with Crippen molar-refractivity contribution < 1.29 is 9.53 Å². The predicted molar refractivity (Wildman–Crippen MR) is 84.4 cm³/mol. The van der Waals surface area contributed by atoms with E-state index >= 15 is 0 Å². The highest BCUT2D eigenvalue weighted by molar-refractivity contribution is 5.91. The summed E-state index contributed by atoms with van der Waals surface area (Å²) in [6, 6.07) is 1.85. The number of rotatable bonds is 4. The Balaban J connectivity index is 1.84. The Morgan fingerprint density at radius 3 is 2.87 bits per heavy atom. The number of nitrogens with one attached hydrogen (secondary N) is 1. The van der Waals surface area contributed by atoms with Crippen LogP contribution in [-0.4, -0.2) is 69.3 Å². The topological polar surface area (TPSA) is 84.7 Å². The fraction of sp³-hybridized carbons (Fsp3) is 0.600. The van der Waals surface area contributed by atoms with Crippen molar-refractivity contribution in [3.8, 4) is 0 Å². The SMILES string of the molecule is CCN1C[C@H](NC(=O)c2nnc3nc(C)cc(C)n23)[C@@H](OC)C1. The summed E-state index contributed by atoms with van der Waals surface area (Å²) < 4.78 is 7.17. The first-order chi connectivity index (χ1) is 11.0. The zero-order valence-corrected chi connectivity index (χ0v) is 13.9. The van der Waals surface area contributed by atoms with Gasteiger partial charge in [0.15, 0.2) is 0 Å². The maximum atomic E-state index is 12.6. The summed E-state index contributed by atoms with van der Waals surface area (Å²) in [6.07, 6.45) is -0.0143. The Labute approximate surface area is 134 Å². The number of likely N-dealkylation sites (N-methyl/N-ethyl adjacent to an activating group) is 1. The largest absolute Gasteiger partial charge is 0.378 e. The third-order valence-corrected chi connectivity index (χ3v) is 4.30. The molecule has 2 aromatic rings. The molecule has 1 amide bonds. The lowest BCUT2D eigenvalue weighted by molar-refractivity contribution is 0.0755. The summed E-state index contributed by atoms with van der Waals surface area (Å²) in [7, 11) is 1.67. The highest BCUT2D eigenvalue weighted by Gasteiger charge is 2.34. The van der Waals surface area contributed by atoms with Gasteiger partial charge in [-0.15, -0.1) is 10.2 Å². The summed E-state index contributed by atoms with van der Waals surface area (Å²) >= 11 is 0. The van der Waals surface area contributed by atoms with Gasteiger partial charge in [-0.25, -0.2) is 4.98 Å². The summed E-state index contributed by atoms with van der Waals surface area (Å²) in [5.74, 6) is 0.448. The molecule has 0 aromatic carbocycles. The molecule has 23 heavy (non-hydrogen) atoms. The van der Waals surface area contributed by atoms with E-state index in [2.05, 4.69) is 32.3 Å². The zero-order chi connectivity index (χ0) is 16.6. The standard InChI is InChI=1S/C15H22N6O2/c1-5-20-7-11(12(8-20)23-4)17-14(22)13-18-19-15-16-9(2)6-10(3)21(13)15/h6,11-12H,5,7-8H2,1-4H3,(H,17,22)/t11-,12-/m0/s1. The van der Waals surface area contributed by atoms with E-state index in [0.29, 0.717) is 5.78 Å². The number of methoxy groups -OCH3 is 1. The molecule has 1 fully saturated rings. The molecule has 2 atom stereocenters. The lowest BCUT2D eigenvalue weighted by Crippen LogP contribution is -2.44. The van der Waals surface area contributed by atoms with E-state index in [-0.39, 0.29) is 23.9 Å². The third kappa shape index (κ3) is 2.91. The normalized spacial score (nSPS) is 21.9. The second-order valence-electron chi connectivity index (χ2n) is 5.90. The van der Waals surface area contributed by atoms with E-state index in [1.165, 1.54) is 0 Å². The molecule has 1 aliphatic rings. The van der Waals surface area contributed by atoms with Crippen LogP contribution in [-0.2, 0) is 4.74 Å². The lowest BCUT2D eigenvalue weighted by Gasteiger charge is -2.18. The monoisotopic (exact) mass is 318 g/mol. The number of hydrogen-bond donors (Lipinski definition) is 1. The van der Waals surface area contributed by atoms with Crippen molar-refractivity contribution in [2.24, 2.45) is 0 Å². The molecule has 2 aromatic heterocycles. The van der Waals surface area contributed by atoms with Gasteiger partial charge in [0.05, 0.1) is 12.1 Å². The van der Waals surface area contributed by atoms with Gasteiger partial charge in [0, 0.05) is 31.6 Å². The average molecular weight is 318 g/mol. The molecular weight excluding hydrogens is 296 g/mol. The van der Waals surface area contributed by atoms with Crippen LogP contribution >= 0.6 is 0 Å². The summed E-state index contributed by atoms with van der Waals surface area (Å²) in [4.78, 5) is 19.2. The van der Waals surface area contributed by atoms with E-state index in [1.54, 1.807) is 11.5 Å². The van der Waals surface area contributed by atoms with Crippen LogP contribution < -0.4 is 5.32 Å². The molecule has 0 spiro atoms. The molecular formula is C15H22N6O2. The molecule has 0 unspecified atom stereocenters. The Kier molecular flexibility index (Phi) is 4.27. The second kappa shape index (κ2) is 6.21. The first kappa shape index (κ1) is 15.8. The number of ether oxygens (including phenoxy) is 1. The number of carbonyl (C=O) groups is 1. The number of hydrogen-bond acceptors (Lipinski definition) is 6. The van der Waals surface area contributed by atoms with Crippen molar-refractivity contribution in [2.45, 2.75) is 32.9 Å². The first-order valence-electron chi connectivity index (χ1n) is 7.78. The number of fused-ring (bicyclic) bond motifs is 1. The highest BCUT2D eigenvalue weighted by Crippen LogP contribution is 2.14. The van der Waals surface area contributed by atoms with Crippen molar-refractivity contribution in [3.05, 3.63) is 23.3 Å². The Hall–Kier alpha value is -2.06. The number of aromatic nitrogens is 4. The van der Waals surface area contributed by atoms with Crippen molar-refractivity contribution in [3.63, 3.8) is 0 Å². The van der Waals surface area contributed by atoms with Crippen LogP contribution in [0.2, 0.25) is 0 Å². The second-order valence-corrected chi connectivity index (χ2v) is 5.90. The summed E-state index contributed by atoms with van der Waals surface area (Å²) in [6.45, 7) is 8.42. The van der Waals surface area contributed by atoms with Crippen LogP contribution in [0.3, 0.4) is 0 Å². The Bertz CT molecular complexity index is 728. The molecule has 0 bridgehead atoms. The number of aryl methyl sites for hydroxylation is 2. The van der Waals surface area contributed by atoms with Gasteiger partial charge in [-0.3, -0.25) is 14.1 Å². The lowest BCUT2D eigenvalue weighted by atomic mass is 10.2. The predicted octanol–water partition coefficient (Wildman–Crippen LogP) is 0.190. The summed E-state index contributed by atoms with van der Waals surface area (Å²) in [5.41, 5.74) is 1.73. The molecule has 1 saturated heterocycles. The van der Waals surface area contributed by atoms with Gasteiger partial charge in [-0.1, -0.05) is 6.92 Å². The van der Waals surface area contributed by atoms with Crippen LogP contribution in [0.1, 0.15) is 28.9 Å². The van der Waals surface area contributed by atoms with E-state index in [0.717, 1.165) is 31.0 Å². The zero-order valence-electron chi connectivity index (χ0n) is 13.9. The number of amides is 1. The van der Waals surface area contributed by atoms with Gasteiger partial charge in [0.2, 0.25) is 5.82 Å². The molecule has 0 radical (unpaired) electrons. The number of nitrogens with zero attached hydrogens (tertiary/aromatic N) is 5. The van der Waals surface area contributed by atoms with E-state index < -0.39 is 0 Å². The van der Waals surface area contributed by atoms with Gasteiger partial charge in [0.25, 0.3) is 11.7 Å². The van der Waals surface area contributed by atoms with Gasteiger partial charge in [-0.05, 0) is 26.5 Å². The van der Waals surface area contributed by atoms with Gasteiger partial charge >= 0.3 is 0 Å². The van der Waals surface area contributed by atoms with Crippen molar-refractivity contribution in [1.29, 1.82) is 0 Å². The molecule has 3 rings (SSSR count). The number of likely N-dealkylation sites (tertiary alicyclic amines) is 1. The third-order valence-electron chi connectivity index (χ3n) is 4.30. The minimum Gasteiger partial charge on any atom is -0.378 e.